The van der Waals surface area contributed by atoms with E-state index in [1.165, 1.54) is 11.1 Å². The molecular weight excluding hydrogens is 258 g/mol. The van der Waals surface area contributed by atoms with Crippen molar-refractivity contribution < 1.29 is 9.53 Å². The molecule has 0 aliphatic heterocycles. The van der Waals surface area contributed by atoms with E-state index in [1.807, 2.05) is 30.3 Å². The van der Waals surface area contributed by atoms with Crippen molar-refractivity contribution in [2.24, 2.45) is 0 Å². The van der Waals surface area contributed by atoms with Gasteiger partial charge in [0.2, 0.25) is 0 Å². The van der Waals surface area contributed by atoms with Crippen LogP contribution >= 0.6 is 0 Å². The molecule has 0 fully saturated rings. The quantitative estimate of drug-likeness (QED) is 0.879. The van der Waals surface area contributed by atoms with E-state index in [1.54, 1.807) is 7.05 Å². The van der Waals surface area contributed by atoms with E-state index in [-0.39, 0.29) is 17.2 Å². The van der Waals surface area contributed by atoms with E-state index in [2.05, 4.69) is 9.97 Å². The first-order chi connectivity index (χ1) is 9.66. The number of amides is 1. The minimum atomic E-state index is -0.336. The van der Waals surface area contributed by atoms with Crippen molar-refractivity contribution in [3.63, 3.8) is 0 Å². The molecule has 0 aliphatic carbocycles. The third-order valence-electron chi connectivity index (χ3n) is 2.68. The molecule has 0 radical (unpaired) electrons. The Balaban J connectivity index is 1.85. The summed E-state index contributed by atoms with van der Waals surface area (Å²) in [7, 11) is 1.66. The van der Waals surface area contributed by atoms with E-state index in [0.717, 1.165) is 11.9 Å². The molecule has 20 heavy (non-hydrogen) atoms. The topological polar surface area (TPSA) is 75.3 Å². The van der Waals surface area contributed by atoms with Crippen LogP contribution in [0.2, 0.25) is 0 Å². The fraction of sp³-hybridized carbons (Fsp3) is 0.214. The Labute approximate surface area is 116 Å². The van der Waals surface area contributed by atoms with Crippen LogP contribution in [0.4, 0.5) is 0 Å². The standard InChI is InChI=1S/C14H15N3O3/c1-17(7-8-20-11-5-3-2-4-6-11)14(19)12-9-16-13(18)10-15-12/h2-6,9-10H,7-8H2,1H3,(H,16,18). The molecule has 1 aromatic heterocycles. The Hall–Kier alpha value is -2.63. The molecular formula is C14H15N3O3. The molecule has 0 aliphatic rings. The van der Waals surface area contributed by atoms with Gasteiger partial charge < -0.3 is 14.6 Å². The van der Waals surface area contributed by atoms with E-state index in [0.29, 0.717) is 13.2 Å². The van der Waals surface area contributed by atoms with Gasteiger partial charge in [-0.05, 0) is 12.1 Å². The second kappa shape index (κ2) is 6.51. The monoisotopic (exact) mass is 273 g/mol. The highest BCUT2D eigenvalue weighted by molar-refractivity contribution is 5.91. The summed E-state index contributed by atoms with van der Waals surface area (Å²) < 4.78 is 5.51. The highest BCUT2D eigenvalue weighted by atomic mass is 16.5. The first-order valence-electron chi connectivity index (χ1n) is 6.15. The first-order valence-corrected chi connectivity index (χ1v) is 6.15. The molecule has 6 heteroatoms. The van der Waals surface area contributed by atoms with Crippen LogP contribution in [0, 0.1) is 0 Å². The molecule has 104 valence electrons. The van der Waals surface area contributed by atoms with E-state index in [4.69, 9.17) is 4.74 Å². The molecule has 0 spiro atoms. The van der Waals surface area contributed by atoms with Crippen molar-refractivity contribution in [2.75, 3.05) is 20.2 Å². The van der Waals surface area contributed by atoms with Crippen LogP contribution in [-0.4, -0.2) is 41.0 Å². The zero-order valence-corrected chi connectivity index (χ0v) is 11.1. The van der Waals surface area contributed by atoms with Gasteiger partial charge in [-0.3, -0.25) is 9.59 Å². The number of rotatable bonds is 5. The zero-order valence-electron chi connectivity index (χ0n) is 11.1. The van der Waals surface area contributed by atoms with Crippen molar-refractivity contribution >= 4 is 5.91 Å². The first kappa shape index (κ1) is 13.8. The number of aromatic amines is 1. The number of para-hydroxylation sites is 1. The zero-order chi connectivity index (χ0) is 14.4. The van der Waals surface area contributed by atoms with E-state index < -0.39 is 0 Å². The lowest BCUT2D eigenvalue weighted by atomic mass is 10.3. The Bertz CT molecular complexity index is 605. The van der Waals surface area contributed by atoms with Crippen molar-refractivity contribution in [1.82, 2.24) is 14.9 Å². The number of nitrogens with zero attached hydrogens (tertiary/aromatic N) is 2. The molecule has 0 bridgehead atoms. The molecule has 1 N–H and O–H groups in total. The average molecular weight is 273 g/mol. The number of aromatic nitrogens is 2. The van der Waals surface area contributed by atoms with Gasteiger partial charge in [-0.2, -0.15) is 0 Å². The highest BCUT2D eigenvalue weighted by Gasteiger charge is 2.12. The van der Waals surface area contributed by atoms with Crippen molar-refractivity contribution in [1.29, 1.82) is 0 Å². The van der Waals surface area contributed by atoms with Crippen LogP contribution in [-0.2, 0) is 0 Å². The maximum Gasteiger partial charge on any atom is 0.273 e. The normalized spacial score (nSPS) is 10.1. The molecule has 0 unspecified atom stereocenters. The van der Waals surface area contributed by atoms with E-state index in [9.17, 15) is 9.59 Å². The second-order valence-corrected chi connectivity index (χ2v) is 4.18. The Morgan fingerprint density at radius 1 is 1.35 bits per heavy atom. The second-order valence-electron chi connectivity index (χ2n) is 4.18. The summed E-state index contributed by atoms with van der Waals surface area (Å²) >= 11 is 0. The number of H-pyrrole nitrogens is 1. The van der Waals surface area contributed by atoms with Gasteiger partial charge in [0.05, 0.1) is 12.7 Å². The Morgan fingerprint density at radius 2 is 2.10 bits per heavy atom. The van der Waals surface area contributed by atoms with Crippen LogP contribution in [0.1, 0.15) is 10.5 Å². The summed E-state index contributed by atoms with van der Waals surface area (Å²) in [5, 5.41) is 0. The lowest BCUT2D eigenvalue weighted by molar-refractivity contribution is 0.0767. The Kier molecular flexibility index (Phi) is 4.49. The number of likely N-dealkylation sites (N-methyl/N-ethyl adjacent to an activating group) is 1. The summed E-state index contributed by atoms with van der Waals surface area (Å²) in [5.74, 6) is 0.494. The smallest absolute Gasteiger partial charge is 0.273 e. The van der Waals surface area contributed by atoms with Gasteiger partial charge in [0.1, 0.15) is 18.1 Å². The van der Waals surface area contributed by atoms with Gasteiger partial charge in [0.25, 0.3) is 11.5 Å². The number of hydrogen-bond donors (Lipinski definition) is 1. The molecule has 0 atom stereocenters. The van der Waals surface area contributed by atoms with Gasteiger partial charge in [0, 0.05) is 13.2 Å². The lowest BCUT2D eigenvalue weighted by Gasteiger charge is -2.16. The SMILES string of the molecule is CN(CCOc1ccccc1)C(=O)c1c[nH]c(=O)cn1. The predicted molar refractivity (Wildman–Crippen MR) is 73.8 cm³/mol. The van der Waals surface area contributed by atoms with Crippen molar-refractivity contribution in [3.8, 4) is 5.75 Å². The molecule has 1 amide bonds. The van der Waals surface area contributed by atoms with Gasteiger partial charge in [-0.15, -0.1) is 0 Å². The van der Waals surface area contributed by atoms with E-state index >= 15 is 0 Å². The summed E-state index contributed by atoms with van der Waals surface area (Å²) in [6, 6.07) is 9.38. The number of carbonyl (C=O) groups excluding carboxylic acids is 1. The number of hydrogen-bond acceptors (Lipinski definition) is 4. The third kappa shape index (κ3) is 3.68. The van der Waals surface area contributed by atoms with Crippen molar-refractivity contribution in [2.45, 2.75) is 0 Å². The molecule has 0 saturated carbocycles. The predicted octanol–water partition coefficient (Wildman–Crippen LogP) is 0.921. The highest BCUT2D eigenvalue weighted by Crippen LogP contribution is 2.08. The van der Waals surface area contributed by atoms with Crippen molar-refractivity contribution in [3.05, 3.63) is 58.8 Å². The van der Waals surface area contributed by atoms with Gasteiger partial charge in [-0.25, -0.2) is 4.98 Å². The van der Waals surface area contributed by atoms with Crippen LogP contribution in [0.15, 0.2) is 47.5 Å². The fourth-order valence-corrected chi connectivity index (χ4v) is 1.57. The largest absolute Gasteiger partial charge is 0.492 e. The lowest BCUT2D eigenvalue weighted by Crippen LogP contribution is -2.32. The maximum absolute atomic E-state index is 12.0. The third-order valence-corrected chi connectivity index (χ3v) is 2.68. The van der Waals surface area contributed by atoms with Gasteiger partial charge in [0.15, 0.2) is 0 Å². The van der Waals surface area contributed by atoms with Gasteiger partial charge >= 0.3 is 0 Å². The molecule has 2 aromatic rings. The molecule has 1 aromatic carbocycles. The average Bonchev–Trinajstić information content (AvgIpc) is 2.48. The maximum atomic E-state index is 12.0. The minimum Gasteiger partial charge on any atom is -0.492 e. The number of benzene rings is 1. The summed E-state index contributed by atoms with van der Waals surface area (Å²) in [5.41, 5.74) is -0.136. The number of nitrogens with one attached hydrogen (secondary N) is 1. The molecule has 0 saturated heterocycles. The van der Waals surface area contributed by atoms with Gasteiger partial charge in [-0.1, -0.05) is 18.2 Å². The van der Waals surface area contributed by atoms with Crippen LogP contribution in [0.25, 0.3) is 0 Å². The Morgan fingerprint density at radius 3 is 2.75 bits per heavy atom. The van der Waals surface area contributed by atoms with Crippen LogP contribution in [0.3, 0.4) is 0 Å². The fourth-order valence-electron chi connectivity index (χ4n) is 1.57. The van der Waals surface area contributed by atoms with Crippen LogP contribution in [0.5, 0.6) is 5.75 Å². The summed E-state index contributed by atoms with van der Waals surface area (Å²) in [6.45, 7) is 0.810. The number of carbonyl (C=O) groups is 1. The summed E-state index contributed by atoms with van der Waals surface area (Å²) in [4.78, 5) is 30.6. The minimum absolute atomic E-state index is 0.201. The number of ether oxygens (including phenoxy) is 1. The molecule has 2 rings (SSSR count). The van der Waals surface area contributed by atoms with Crippen LogP contribution < -0.4 is 10.3 Å². The summed E-state index contributed by atoms with van der Waals surface area (Å²) in [6.07, 6.45) is 2.39. The molecule has 6 nitrogen and oxygen atoms in total. The molecule has 1 heterocycles.